The number of hydrogen-bond acceptors (Lipinski definition) is 9. The van der Waals surface area contributed by atoms with Crippen LogP contribution >= 0.6 is 0 Å². The van der Waals surface area contributed by atoms with E-state index in [1.54, 1.807) is 0 Å². The summed E-state index contributed by atoms with van der Waals surface area (Å²) < 4.78 is 0. The standard InChI is InChI=1S/C19H49N9/c20-4-2-1-3-11-26(12-6-22)16-18-28(14-8-24)19-17-27(13-7-23)15-10-25-9-5-21/h25H,1-24H2. The van der Waals surface area contributed by atoms with Gasteiger partial charge in [0, 0.05) is 91.6 Å². The van der Waals surface area contributed by atoms with Gasteiger partial charge >= 0.3 is 0 Å². The average molecular weight is 404 g/mol. The van der Waals surface area contributed by atoms with Crippen LogP contribution in [0.25, 0.3) is 0 Å². The Morgan fingerprint density at radius 3 is 1.36 bits per heavy atom. The van der Waals surface area contributed by atoms with Gasteiger partial charge in [0.05, 0.1) is 0 Å². The summed E-state index contributed by atoms with van der Waals surface area (Å²) in [5.41, 5.74) is 28.5. The number of rotatable bonds is 22. The van der Waals surface area contributed by atoms with E-state index in [9.17, 15) is 0 Å². The summed E-state index contributed by atoms with van der Waals surface area (Å²) in [6, 6.07) is 0. The fourth-order valence-electron chi connectivity index (χ4n) is 3.24. The summed E-state index contributed by atoms with van der Waals surface area (Å²) in [5.74, 6) is 0. The van der Waals surface area contributed by atoms with Gasteiger partial charge in [-0.15, -0.1) is 0 Å². The van der Waals surface area contributed by atoms with Crippen LogP contribution in [-0.4, -0.2) is 119 Å². The van der Waals surface area contributed by atoms with Crippen LogP contribution in [0.15, 0.2) is 0 Å². The lowest BCUT2D eigenvalue weighted by molar-refractivity contribution is 0.179. The third-order valence-electron chi connectivity index (χ3n) is 4.91. The zero-order chi connectivity index (χ0) is 20.9. The molecule has 0 saturated carbocycles. The Morgan fingerprint density at radius 1 is 0.393 bits per heavy atom. The minimum atomic E-state index is 0.673. The molecule has 0 fully saturated rings. The predicted molar refractivity (Wildman–Crippen MR) is 121 cm³/mol. The van der Waals surface area contributed by atoms with E-state index in [1.807, 2.05) is 0 Å². The number of nitrogens with zero attached hydrogens (tertiary/aromatic N) is 3. The Balaban J connectivity index is 4.31. The van der Waals surface area contributed by atoms with Crippen LogP contribution in [0.2, 0.25) is 0 Å². The second-order valence-corrected chi connectivity index (χ2v) is 7.28. The van der Waals surface area contributed by atoms with Crippen molar-refractivity contribution in [3.63, 3.8) is 0 Å². The van der Waals surface area contributed by atoms with E-state index in [1.165, 1.54) is 12.8 Å². The first-order valence-electron chi connectivity index (χ1n) is 11.1. The van der Waals surface area contributed by atoms with Crippen molar-refractivity contribution < 1.29 is 0 Å². The second kappa shape index (κ2) is 21.4. The minimum absolute atomic E-state index is 0.673. The van der Waals surface area contributed by atoms with Gasteiger partial charge in [-0.1, -0.05) is 6.42 Å². The Morgan fingerprint density at radius 2 is 0.893 bits per heavy atom. The van der Waals surface area contributed by atoms with Gasteiger partial charge in [-0.3, -0.25) is 9.80 Å². The third-order valence-corrected chi connectivity index (χ3v) is 4.91. The van der Waals surface area contributed by atoms with Crippen LogP contribution in [0.3, 0.4) is 0 Å². The topological polar surface area (TPSA) is 152 Å². The maximum Gasteiger partial charge on any atom is 0.0110 e. The second-order valence-electron chi connectivity index (χ2n) is 7.28. The van der Waals surface area contributed by atoms with Crippen LogP contribution < -0.4 is 34.0 Å². The molecule has 0 saturated heterocycles. The van der Waals surface area contributed by atoms with Gasteiger partial charge in [-0.2, -0.15) is 0 Å². The van der Waals surface area contributed by atoms with E-state index in [4.69, 9.17) is 28.7 Å². The van der Waals surface area contributed by atoms with Crippen molar-refractivity contribution in [3.8, 4) is 0 Å². The Kier molecular flexibility index (Phi) is 21.1. The molecule has 170 valence electrons. The molecule has 28 heavy (non-hydrogen) atoms. The first-order chi connectivity index (χ1) is 13.7. The highest BCUT2D eigenvalue weighted by Gasteiger charge is 2.11. The predicted octanol–water partition coefficient (Wildman–Crippen LogP) is -2.55. The number of hydrogen-bond donors (Lipinski definition) is 6. The molecule has 0 atom stereocenters. The van der Waals surface area contributed by atoms with Gasteiger partial charge in [-0.05, 0) is 25.9 Å². The van der Waals surface area contributed by atoms with E-state index in [0.29, 0.717) is 26.2 Å². The molecule has 0 amide bonds. The lowest BCUT2D eigenvalue weighted by Crippen LogP contribution is -2.44. The lowest BCUT2D eigenvalue weighted by Gasteiger charge is -2.30. The molecule has 11 N–H and O–H groups in total. The maximum absolute atomic E-state index is 5.84. The highest BCUT2D eigenvalue weighted by atomic mass is 15.2. The van der Waals surface area contributed by atoms with Gasteiger partial charge in [0.15, 0.2) is 0 Å². The van der Waals surface area contributed by atoms with Crippen molar-refractivity contribution in [2.75, 3.05) is 105 Å². The zero-order valence-corrected chi connectivity index (χ0v) is 18.2. The van der Waals surface area contributed by atoms with E-state index < -0.39 is 0 Å². The van der Waals surface area contributed by atoms with Crippen LogP contribution in [0.4, 0.5) is 0 Å². The smallest absolute Gasteiger partial charge is 0.0110 e. The van der Waals surface area contributed by atoms with Gasteiger partial charge in [0.25, 0.3) is 0 Å². The van der Waals surface area contributed by atoms with Crippen LogP contribution in [0.1, 0.15) is 19.3 Å². The molecule has 9 heteroatoms. The quantitative estimate of drug-likeness (QED) is 0.107. The molecule has 0 unspecified atom stereocenters. The van der Waals surface area contributed by atoms with Crippen molar-refractivity contribution in [3.05, 3.63) is 0 Å². The molecule has 9 nitrogen and oxygen atoms in total. The first kappa shape index (κ1) is 27.6. The monoisotopic (exact) mass is 403 g/mol. The average Bonchev–Trinajstić information content (AvgIpc) is 2.70. The zero-order valence-electron chi connectivity index (χ0n) is 18.2. The van der Waals surface area contributed by atoms with Gasteiger partial charge in [-0.25, -0.2) is 0 Å². The molecule has 0 aliphatic rings. The van der Waals surface area contributed by atoms with E-state index >= 15 is 0 Å². The van der Waals surface area contributed by atoms with Crippen molar-refractivity contribution in [1.82, 2.24) is 20.0 Å². The van der Waals surface area contributed by atoms with Crippen molar-refractivity contribution in [2.45, 2.75) is 19.3 Å². The Labute approximate surface area is 173 Å². The van der Waals surface area contributed by atoms with Crippen LogP contribution in [0, 0.1) is 0 Å². The van der Waals surface area contributed by atoms with E-state index in [0.717, 1.165) is 85.0 Å². The van der Waals surface area contributed by atoms with E-state index in [-0.39, 0.29) is 0 Å². The lowest BCUT2D eigenvalue weighted by atomic mass is 10.2. The van der Waals surface area contributed by atoms with Crippen LogP contribution in [0.5, 0.6) is 0 Å². The molecule has 0 aromatic rings. The molecule has 0 aliphatic carbocycles. The summed E-state index contributed by atoms with van der Waals surface area (Å²) in [6.07, 6.45) is 3.48. The number of nitrogens with two attached hydrogens (primary N) is 5. The molecule has 0 bridgehead atoms. The Hall–Kier alpha value is -0.360. The molecule has 0 aromatic heterocycles. The highest BCUT2D eigenvalue weighted by molar-refractivity contribution is 4.69. The maximum atomic E-state index is 5.84. The van der Waals surface area contributed by atoms with Gasteiger partial charge in [0.1, 0.15) is 0 Å². The molecule has 0 rings (SSSR count). The summed E-state index contributed by atoms with van der Waals surface area (Å²) in [4.78, 5) is 7.34. The SMILES string of the molecule is NCCCCCN(CCN)CCN(CCN)CCN(CCN)CCNCCN. The molecule has 0 aromatic carbocycles. The van der Waals surface area contributed by atoms with E-state index in [2.05, 4.69) is 20.0 Å². The summed E-state index contributed by atoms with van der Waals surface area (Å²) in [7, 11) is 0. The molecular formula is C19H49N9. The highest BCUT2D eigenvalue weighted by Crippen LogP contribution is 2.00. The molecule has 0 aliphatic heterocycles. The fourth-order valence-corrected chi connectivity index (χ4v) is 3.24. The molecule has 0 heterocycles. The van der Waals surface area contributed by atoms with Crippen molar-refractivity contribution >= 4 is 0 Å². The summed E-state index contributed by atoms with van der Waals surface area (Å²) in [5, 5.41) is 3.35. The van der Waals surface area contributed by atoms with Crippen LogP contribution in [-0.2, 0) is 0 Å². The largest absolute Gasteiger partial charge is 0.330 e. The third kappa shape index (κ3) is 16.6. The van der Waals surface area contributed by atoms with Gasteiger partial charge in [0.2, 0.25) is 0 Å². The Bertz CT molecular complexity index is 281. The molecular weight excluding hydrogens is 354 g/mol. The normalized spacial score (nSPS) is 12.0. The molecule has 0 spiro atoms. The number of nitrogens with one attached hydrogen (secondary N) is 1. The number of unbranched alkanes of at least 4 members (excludes halogenated alkanes) is 2. The summed E-state index contributed by atoms with van der Waals surface area (Å²) >= 11 is 0. The molecule has 0 radical (unpaired) electrons. The van der Waals surface area contributed by atoms with Crippen molar-refractivity contribution in [1.29, 1.82) is 0 Å². The fraction of sp³-hybridized carbons (Fsp3) is 1.00. The summed E-state index contributed by atoms with van der Waals surface area (Å²) in [6.45, 7) is 14.3. The van der Waals surface area contributed by atoms with Crippen molar-refractivity contribution in [2.24, 2.45) is 28.7 Å². The minimum Gasteiger partial charge on any atom is -0.330 e. The van der Waals surface area contributed by atoms with Gasteiger partial charge < -0.3 is 38.9 Å². The first-order valence-corrected chi connectivity index (χ1v) is 11.1.